The van der Waals surface area contributed by atoms with Gasteiger partial charge >= 0.3 is 103 Å². The molecule has 0 amide bonds. The Kier molecular flexibility index (Phi) is 80.3. The summed E-state index contributed by atoms with van der Waals surface area (Å²) in [5.41, 5.74) is 0. The van der Waals surface area contributed by atoms with Crippen molar-refractivity contribution in [3.8, 4) is 24.7 Å². The van der Waals surface area contributed by atoms with E-state index in [2.05, 4.69) is 23.2 Å². The third-order valence-electron chi connectivity index (χ3n) is 1.24. The van der Waals surface area contributed by atoms with E-state index in [0.717, 1.165) is 0 Å². The van der Waals surface area contributed by atoms with Crippen LogP contribution in [0, 0.1) is 24.7 Å². The molecule has 0 unspecified atom stereocenters. The Balaban J connectivity index is -0.0000000271. The molecule has 0 aliphatic heterocycles. The molecule has 0 atom stereocenters. The van der Waals surface area contributed by atoms with Gasteiger partial charge in [-0.25, -0.2) is 0 Å². The first-order chi connectivity index (χ1) is 10.2. The van der Waals surface area contributed by atoms with E-state index in [-0.39, 0.29) is 142 Å². The number of Topliss-reactive ketones (excluding diaryl/α,β-unsaturated/α-hetero) is 3. The normalized spacial score (nSPS) is 6.04. The number of ketones is 3. The summed E-state index contributed by atoms with van der Waals surface area (Å²) in [5, 5.41) is 8.43. The van der Waals surface area contributed by atoms with Crippen LogP contribution in [0.5, 0.6) is 0 Å². The zero-order valence-corrected chi connectivity index (χ0v) is 21.9. The smallest absolute Gasteiger partial charge is 1.00 e. The number of carbonyl (C=O) groups is 4. The van der Waals surface area contributed by atoms with Crippen LogP contribution in [0.15, 0.2) is 0 Å². The standard InChI is InChI=1S/C6H8O.C5H8O2.C3H3Cl.CH2O3.CH4.2K.H/c1-3-4-5-6(2)7;1-4(6)3-5(2)7;1-2-3-4;2-1-4-3;;;;/h1H,4-5H2,2H3;3H2,1-2H3;1H,3H2;1,3H;1H4;;;/q;;;;;2*+1;-1/p-1. The molecule has 0 aliphatic carbocycles. The molecular formula is C16H25ClK2O6. The molecule has 0 spiro atoms. The largest absolute Gasteiger partial charge is 1.00 e. The van der Waals surface area contributed by atoms with E-state index in [9.17, 15) is 14.4 Å². The second-order valence-electron chi connectivity index (χ2n) is 3.52. The summed E-state index contributed by atoms with van der Waals surface area (Å²) in [5.74, 6) is 4.93. The molecule has 0 fully saturated rings. The van der Waals surface area contributed by atoms with E-state index in [4.69, 9.17) is 28.1 Å². The van der Waals surface area contributed by atoms with Gasteiger partial charge in [0.2, 0.25) is 0 Å². The molecule has 6 nitrogen and oxygen atoms in total. The number of alkyl halides is 1. The van der Waals surface area contributed by atoms with Crippen molar-refractivity contribution in [3.63, 3.8) is 0 Å². The third-order valence-corrected chi connectivity index (χ3v) is 1.39. The van der Waals surface area contributed by atoms with Gasteiger partial charge in [-0.1, -0.05) is 13.3 Å². The SMILES string of the molecule is C.C#CCCC(C)=O.C#CCCl.CC(=O)CC(C)=O.O=CO[O-].[H-].[K+].[K+]. The van der Waals surface area contributed by atoms with Gasteiger partial charge in [-0.3, -0.25) is 19.2 Å². The zero-order chi connectivity index (χ0) is 18.4. The molecular weight excluding hydrogens is 402 g/mol. The number of carbonyl (C=O) groups excluding carboxylic acids is 4. The Morgan fingerprint density at radius 3 is 1.44 bits per heavy atom. The number of hydrogen-bond donors (Lipinski definition) is 0. The maximum atomic E-state index is 10.1. The van der Waals surface area contributed by atoms with E-state index >= 15 is 0 Å². The van der Waals surface area contributed by atoms with Crippen LogP contribution in [-0.4, -0.2) is 29.7 Å². The van der Waals surface area contributed by atoms with E-state index < -0.39 is 0 Å². The van der Waals surface area contributed by atoms with Crippen LogP contribution in [0.3, 0.4) is 0 Å². The summed E-state index contributed by atoms with van der Waals surface area (Å²) in [6.07, 6.45) is 10.7. The van der Waals surface area contributed by atoms with Gasteiger partial charge in [0, 0.05) is 12.8 Å². The van der Waals surface area contributed by atoms with Crippen molar-refractivity contribution in [1.82, 2.24) is 0 Å². The average molecular weight is 427 g/mol. The molecule has 9 heteroatoms. The summed E-state index contributed by atoms with van der Waals surface area (Å²) in [6, 6.07) is 0. The molecule has 0 aromatic carbocycles. The second-order valence-corrected chi connectivity index (χ2v) is 3.78. The molecule has 134 valence electrons. The van der Waals surface area contributed by atoms with Crippen LogP contribution in [0.25, 0.3) is 0 Å². The summed E-state index contributed by atoms with van der Waals surface area (Å²) >= 11 is 4.95. The number of halogens is 1. The van der Waals surface area contributed by atoms with Crippen LogP contribution < -0.4 is 108 Å². The molecule has 25 heavy (non-hydrogen) atoms. The maximum absolute atomic E-state index is 10.1. The minimum Gasteiger partial charge on any atom is -1.00 e. The monoisotopic (exact) mass is 426 g/mol. The van der Waals surface area contributed by atoms with Crippen LogP contribution in [0.4, 0.5) is 0 Å². The fourth-order valence-electron chi connectivity index (χ4n) is 0.599. The van der Waals surface area contributed by atoms with Crippen LogP contribution in [0.1, 0.15) is 48.9 Å². The van der Waals surface area contributed by atoms with Gasteiger partial charge in [-0.2, -0.15) is 0 Å². The quantitative estimate of drug-likeness (QED) is 0.0836. The number of hydrogen-bond acceptors (Lipinski definition) is 6. The summed E-state index contributed by atoms with van der Waals surface area (Å²) < 4.78 is 0. The summed E-state index contributed by atoms with van der Waals surface area (Å²) in [7, 11) is 0. The van der Waals surface area contributed by atoms with Crippen molar-refractivity contribution in [2.45, 2.75) is 47.5 Å². The Bertz CT molecular complexity index is 395. The average Bonchev–Trinajstić information content (AvgIpc) is 2.44. The molecule has 0 heterocycles. The minimum absolute atomic E-state index is 0. The molecule has 0 N–H and O–H groups in total. The van der Waals surface area contributed by atoms with Crippen molar-refractivity contribution in [1.29, 1.82) is 0 Å². The minimum atomic E-state index is -0.181. The molecule has 0 saturated carbocycles. The molecule has 0 aromatic rings. The van der Waals surface area contributed by atoms with Gasteiger partial charge in [0.25, 0.3) is 6.47 Å². The fraction of sp³-hybridized carbons (Fsp3) is 0.500. The first-order valence-electron chi connectivity index (χ1n) is 5.86. The van der Waals surface area contributed by atoms with E-state index in [1.807, 2.05) is 0 Å². The summed E-state index contributed by atoms with van der Waals surface area (Å²) in [6.45, 7) is 4.17. The predicted molar refractivity (Wildman–Crippen MR) is 89.3 cm³/mol. The Labute approximate surface area is 242 Å². The molecule has 0 aliphatic rings. The Morgan fingerprint density at radius 2 is 1.40 bits per heavy atom. The first-order valence-corrected chi connectivity index (χ1v) is 6.40. The fourth-order valence-corrected chi connectivity index (χ4v) is 0.599. The van der Waals surface area contributed by atoms with Crippen LogP contribution >= 0.6 is 11.6 Å². The van der Waals surface area contributed by atoms with E-state index in [1.54, 1.807) is 0 Å². The molecule has 0 saturated heterocycles. The zero-order valence-electron chi connectivity index (χ0n) is 15.9. The van der Waals surface area contributed by atoms with Gasteiger partial charge in [0.1, 0.15) is 17.3 Å². The van der Waals surface area contributed by atoms with Crippen molar-refractivity contribution >= 4 is 35.4 Å². The van der Waals surface area contributed by atoms with Gasteiger partial charge in [0.15, 0.2) is 0 Å². The van der Waals surface area contributed by atoms with Crippen LogP contribution in [-0.2, 0) is 24.1 Å². The van der Waals surface area contributed by atoms with E-state index in [0.29, 0.717) is 18.7 Å². The molecule has 0 aromatic heterocycles. The second kappa shape index (κ2) is 44.5. The summed E-state index contributed by atoms with van der Waals surface area (Å²) in [4.78, 5) is 41.4. The van der Waals surface area contributed by atoms with Crippen LogP contribution in [0.2, 0.25) is 0 Å². The topological polar surface area (TPSA) is 101 Å². The first kappa shape index (κ1) is 45.1. The van der Waals surface area contributed by atoms with Crippen molar-refractivity contribution < 1.29 is 134 Å². The maximum Gasteiger partial charge on any atom is 1.00 e. The van der Waals surface area contributed by atoms with Gasteiger partial charge in [-0.05, 0) is 20.8 Å². The third kappa shape index (κ3) is 109. The molecule has 0 bridgehead atoms. The molecule has 0 rings (SSSR count). The van der Waals surface area contributed by atoms with Crippen molar-refractivity contribution in [3.05, 3.63) is 0 Å². The van der Waals surface area contributed by atoms with Crippen molar-refractivity contribution in [2.75, 3.05) is 5.88 Å². The van der Waals surface area contributed by atoms with Gasteiger partial charge < -0.3 is 11.6 Å². The van der Waals surface area contributed by atoms with Crippen molar-refractivity contribution in [2.24, 2.45) is 0 Å². The molecule has 0 radical (unpaired) electrons. The van der Waals surface area contributed by atoms with E-state index in [1.165, 1.54) is 20.8 Å². The predicted octanol–water partition coefficient (Wildman–Crippen LogP) is -4.41. The number of rotatable bonds is 5. The Morgan fingerprint density at radius 1 is 1.08 bits per heavy atom. The van der Waals surface area contributed by atoms with Gasteiger partial charge in [-0.15, -0.1) is 30.4 Å². The Hall–Kier alpha value is 1.12. The number of terminal acetylenes is 2. The van der Waals surface area contributed by atoms with Gasteiger partial charge in [0.05, 0.1) is 12.3 Å².